The summed E-state index contributed by atoms with van der Waals surface area (Å²) in [6.07, 6.45) is -0.770. The van der Waals surface area contributed by atoms with Crippen LogP contribution < -0.4 is 15.4 Å². The summed E-state index contributed by atoms with van der Waals surface area (Å²) in [6, 6.07) is 3.20. The lowest BCUT2D eigenvalue weighted by Gasteiger charge is -2.27. The first kappa shape index (κ1) is 19.6. The molecule has 1 unspecified atom stereocenters. The van der Waals surface area contributed by atoms with E-state index in [1.807, 2.05) is 0 Å². The van der Waals surface area contributed by atoms with E-state index in [-0.39, 0.29) is 24.1 Å². The van der Waals surface area contributed by atoms with Gasteiger partial charge in [0.15, 0.2) is 17.7 Å². The van der Waals surface area contributed by atoms with Crippen molar-refractivity contribution in [3.63, 3.8) is 0 Å². The van der Waals surface area contributed by atoms with Gasteiger partial charge in [-0.1, -0.05) is 0 Å². The smallest absolute Gasteiger partial charge is 0.260 e. The second-order valence-corrected chi connectivity index (χ2v) is 5.22. The van der Waals surface area contributed by atoms with Crippen molar-refractivity contribution in [3.05, 3.63) is 29.8 Å². The van der Waals surface area contributed by atoms with Gasteiger partial charge in [0.25, 0.3) is 5.91 Å². The first-order chi connectivity index (χ1) is 10.6. The standard InChI is InChI=1S/C15H21F2N3O2.ClH/c1-11(22-12-2-3-13(16)14(17)10-12)15(21)19-6-9-20-7-4-18-5-8-20;/h2-3,10-11,18H,4-9H2,1H3,(H,19,21);1H. The van der Waals surface area contributed by atoms with E-state index in [0.29, 0.717) is 6.54 Å². The number of hydrogen-bond donors (Lipinski definition) is 2. The Hall–Kier alpha value is -1.44. The lowest BCUT2D eigenvalue weighted by atomic mass is 10.3. The Kier molecular flexibility index (Phi) is 8.22. The lowest BCUT2D eigenvalue weighted by molar-refractivity contribution is -0.127. The van der Waals surface area contributed by atoms with Crippen molar-refractivity contribution in [1.29, 1.82) is 0 Å². The zero-order chi connectivity index (χ0) is 15.9. The van der Waals surface area contributed by atoms with Gasteiger partial charge in [-0.2, -0.15) is 0 Å². The monoisotopic (exact) mass is 349 g/mol. The van der Waals surface area contributed by atoms with E-state index in [4.69, 9.17) is 4.74 Å². The number of carbonyl (C=O) groups is 1. The Labute approximate surface area is 140 Å². The normalized spacial score (nSPS) is 16.3. The van der Waals surface area contributed by atoms with Crippen molar-refractivity contribution < 1.29 is 18.3 Å². The minimum atomic E-state index is -0.996. The van der Waals surface area contributed by atoms with Gasteiger partial charge in [-0.05, 0) is 19.1 Å². The van der Waals surface area contributed by atoms with Crippen LogP contribution in [0, 0.1) is 11.6 Å². The third-order valence-corrected chi connectivity index (χ3v) is 3.51. The first-order valence-electron chi connectivity index (χ1n) is 7.39. The van der Waals surface area contributed by atoms with Gasteiger partial charge >= 0.3 is 0 Å². The molecule has 1 amide bonds. The average molecular weight is 350 g/mol. The molecule has 1 atom stereocenters. The quantitative estimate of drug-likeness (QED) is 0.809. The third-order valence-electron chi connectivity index (χ3n) is 3.51. The number of rotatable bonds is 6. The van der Waals surface area contributed by atoms with Crippen LogP contribution in [0.25, 0.3) is 0 Å². The molecular weight excluding hydrogens is 328 g/mol. The van der Waals surface area contributed by atoms with Crippen LogP contribution in [0.1, 0.15) is 6.92 Å². The Morgan fingerprint density at radius 3 is 2.70 bits per heavy atom. The highest BCUT2D eigenvalue weighted by Crippen LogP contribution is 2.16. The summed E-state index contributed by atoms with van der Waals surface area (Å²) in [6.45, 7) is 6.75. The highest BCUT2D eigenvalue weighted by molar-refractivity contribution is 5.85. The van der Waals surface area contributed by atoms with Crippen LogP contribution in [-0.4, -0.2) is 56.2 Å². The summed E-state index contributed by atoms with van der Waals surface area (Å²) in [7, 11) is 0. The Morgan fingerprint density at radius 2 is 2.04 bits per heavy atom. The van der Waals surface area contributed by atoms with Crippen LogP contribution in [0.2, 0.25) is 0 Å². The van der Waals surface area contributed by atoms with Gasteiger partial charge in [0.05, 0.1) is 0 Å². The molecule has 0 bridgehead atoms. The van der Waals surface area contributed by atoms with E-state index >= 15 is 0 Å². The molecule has 130 valence electrons. The van der Waals surface area contributed by atoms with Gasteiger partial charge < -0.3 is 15.4 Å². The number of nitrogens with one attached hydrogen (secondary N) is 2. The van der Waals surface area contributed by atoms with E-state index in [9.17, 15) is 13.6 Å². The predicted octanol–water partition coefficient (Wildman–Crippen LogP) is 1.18. The maximum absolute atomic E-state index is 13.1. The van der Waals surface area contributed by atoms with Gasteiger partial charge in [0.2, 0.25) is 0 Å². The highest BCUT2D eigenvalue weighted by atomic mass is 35.5. The fourth-order valence-electron chi connectivity index (χ4n) is 2.22. The van der Waals surface area contributed by atoms with Gasteiger partial charge in [0.1, 0.15) is 5.75 Å². The van der Waals surface area contributed by atoms with Crippen LogP contribution >= 0.6 is 12.4 Å². The van der Waals surface area contributed by atoms with Crippen LogP contribution in [0.4, 0.5) is 8.78 Å². The van der Waals surface area contributed by atoms with Crippen LogP contribution in [-0.2, 0) is 4.79 Å². The molecule has 1 heterocycles. The SMILES string of the molecule is CC(Oc1ccc(F)c(F)c1)C(=O)NCCN1CCNCC1.Cl. The largest absolute Gasteiger partial charge is 0.481 e. The maximum Gasteiger partial charge on any atom is 0.260 e. The summed E-state index contributed by atoms with van der Waals surface area (Å²) in [4.78, 5) is 14.2. The molecule has 0 radical (unpaired) electrons. The molecule has 0 saturated carbocycles. The molecule has 1 saturated heterocycles. The summed E-state index contributed by atoms with van der Waals surface area (Å²) in [5, 5.41) is 6.04. The Morgan fingerprint density at radius 1 is 1.35 bits per heavy atom. The molecule has 0 aromatic heterocycles. The molecule has 8 heteroatoms. The minimum absolute atomic E-state index is 0. The molecule has 1 aromatic rings. The van der Waals surface area contributed by atoms with Gasteiger partial charge in [-0.25, -0.2) is 8.78 Å². The van der Waals surface area contributed by atoms with E-state index < -0.39 is 17.7 Å². The predicted molar refractivity (Wildman–Crippen MR) is 86.0 cm³/mol. The second-order valence-electron chi connectivity index (χ2n) is 5.22. The van der Waals surface area contributed by atoms with E-state index in [0.717, 1.165) is 44.9 Å². The molecule has 0 spiro atoms. The Balaban J connectivity index is 0.00000264. The summed E-state index contributed by atoms with van der Waals surface area (Å²) >= 11 is 0. The van der Waals surface area contributed by atoms with Gasteiger partial charge in [0, 0.05) is 45.3 Å². The molecule has 1 fully saturated rings. The van der Waals surface area contributed by atoms with E-state index in [2.05, 4.69) is 15.5 Å². The third kappa shape index (κ3) is 6.29. The van der Waals surface area contributed by atoms with Crippen LogP contribution in [0.15, 0.2) is 18.2 Å². The number of ether oxygens (including phenoxy) is 1. The van der Waals surface area contributed by atoms with Crippen molar-refractivity contribution in [2.45, 2.75) is 13.0 Å². The molecule has 0 aliphatic carbocycles. The molecule has 1 aliphatic rings. The van der Waals surface area contributed by atoms with Crippen molar-refractivity contribution in [2.75, 3.05) is 39.3 Å². The lowest BCUT2D eigenvalue weighted by Crippen LogP contribution is -2.47. The minimum Gasteiger partial charge on any atom is -0.481 e. The molecular formula is C15H22ClF2N3O2. The van der Waals surface area contributed by atoms with Crippen molar-refractivity contribution in [1.82, 2.24) is 15.5 Å². The number of piperazine rings is 1. The molecule has 1 aromatic carbocycles. The first-order valence-corrected chi connectivity index (χ1v) is 7.39. The van der Waals surface area contributed by atoms with Crippen molar-refractivity contribution in [2.24, 2.45) is 0 Å². The van der Waals surface area contributed by atoms with Crippen molar-refractivity contribution >= 4 is 18.3 Å². The molecule has 5 nitrogen and oxygen atoms in total. The fraction of sp³-hybridized carbons (Fsp3) is 0.533. The fourth-order valence-corrected chi connectivity index (χ4v) is 2.22. The van der Waals surface area contributed by atoms with Crippen LogP contribution in [0.5, 0.6) is 5.75 Å². The van der Waals surface area contributed by atoms with E-state index in [1.54, 1.807) is 6.92 Å². The number of halogens is 3. The summed E-state index contributed by atoms with van der Waals surface area (Å²) in [5.74, 6) is -2.09. The number of amides is 1. The molecule has 2 N–H and O–H groups in total. The Bertz CT molecular complexity index is 513. The summed E-state index contributed by atoms with van der Waals surface area (Å²) in [5.41, 5.74) is 0. The second kappa shape index (κ2) is 9.64. The van der Waals surface area contributed by atoms with E-state index in [1.165, 1.54) is 6.07 Å². The zero-order valence-corrected chi connectivity index (χ0v) is 13.8. The topological polar surface area (TPSA) is 53.6 Å². The van der Waals surface area contributed by atoms with Crippen LogP contribution in [0.3, 0.4) is 0 Å². The number of nitrogens with zero attached hydrogens (tertiary/aromatic N) is 1. The molecule has 1 aliphatic heterocycles. The average Bonchev–Trinajstić information content (AvgIpc) is 2.52. The molecule has 23 heavy (non-hydrogen) atoms. The highest BCUT2D eigenvalue weighted by Gasteiger charge is 2.16. The van der Waals surface area contributed by atoms with Crippen molar-refractivity contribution in [3.8, 4) is 5.75 Å². The van der Waals surface area contributed by atoms with Gasteiger partial charge in [-0.3, -0.25) is 9.69 Å². The van der Waals surface area contributed by atoms with Gasteiger partial charge in [-0.15, -0.1) is 12.4 Å². The number of carbonyl (C=O) groups excluding carboxylic acids is 1. The zero-order valence-electron chi connectivity index (χ0n) is 13.0. The molecule has 2 rings (SSSR count). The maximum atomic E-state index is 13.1. The number of benzene rings is 1. The number of hydrogen-bond acceptors (Lipinski definition) is 4. The summed E-state index contributed by atoms with van der Waals surface area (Å²) < 4.78 is 31.2.